The fourth-order valence-corrected chi connectivity index (χ4v) is 2.18. The largest absolute Gasteiger partial charge is 0.437 e. The number of hydrogen-bond acceptors (Lipinski definition) is 5. The van der Waals surface area contributed by atoms with Gasteiger partial charge in [-0.25, -0.2) is 0 Å². The molecule has 1 amide bonds. The van der Waals surface area contributed by atoms with Crippen molar-refractivity contribution in [2.24, 2.45) is 0 Å². The van der Waals surface area contributed by atoms with E-state index in [0.29, 0.717) is 13.0 Å². The Hall–Kier alpha value is -1.61. The van der Waals surface area contributed by atoms with Gasteiger partial charge in [0.25, 0.3) is 5.91 Å². The highest BCUT2D eigenvalue weighted by molar-refractivity contribution is 5.96. The second kappa shape index (κ2) is 5.88. The Labute approximate surface area is 124 Å². The third-order valence-electron chi connectivity index (χ3n) is 3.40. The Morgan fingerprint density at radius 1 is 1.50 bits per heavy atom. The molecule has 0 spiro atoms. The number of alkyl halides is 3. The molecule has 1 aliphatic heterocycles. The summed E-state index contributed by atoms with van der Waals surface area (Å²) in [5, 5.41) is 15.3. The van der Waals surface area contributed by atoms with Gasteiger partial charge in [-0.15, -0.1) is 0 Å². The summed E-state index contributed by atoms with van der Waals surface area (Å²) in [6.07, 6.45) is -4.49. The van der Waals surface area contributed by atoms with Crippen LogP contribution in [0.2, 0.25) is 0 Å². The summed E-state index contributed by atoms with van der Waals surface area (Å²) < 4.78 is 48.5. The maximum absolute atomic E-state index is 12.9. The molecular formula is C13H17F3N2O4. The average molecular weight is 322 g/mol. The maximum atomic E-state index is 12.9. The number of halogens is 3. The summed E-state index contributed by atoms with van der Waals surface area (Å²) in [6, 6.07) is 0. The molecule has 124 valence electrons. The Bertz CT molecular complexity index is 548. The fraction of sp³-hybridized carbons (Fsp3) is 0.692. The van der Waals surface area contributed by atoms with Crippen LogP contribution in [0.4, 0.5) is 13.2 Å². The summed E-state index contributed by atoms with van der Waals surface area (Å²) in [5.74, 6) is -1.56. The molecule has 1 atom stereocenters. The van der Waals surface area contributed by atoms with Crippen LogP contribution >= 0.6 is 0 Å². The van der Waals surface area contributed by atoms with Crippen LogP contribution in [0.5, 0.6) is 0 Å². The normalized spacial score (nSPS) is 22.3. The van der Waals surface area contributed by atoms with Crippen LogP contribution in [0, 0.1) is 0 Å². The second-order valence-electron chi connectivity index (χ2n) is 5.63. The number of rotatable bonds is 4. The highest BCUT2D eigenvalue weighted by Gasteiger charge is 2.42. The summed E-state index contributed by atoms with van der Waals surface area (Å²) in [6.45, 7) is 3.35. The number of aromatic nitrogens is 1. The lowest BCUT2D eigenvalue weighted by molar-refractivity contribution is -0.143. The lowest BCUT2D eigenvalue weighted by atomic mass is 10.0. The first-order valence-electron chi connectivity index (χ1n) is 6.79. The van der Waals surface area contributed by atoms with Crippen molar-refractivity contribution < 1.29 is 32.3 Å². The number of aliphatic hydroxyl groups is 1. The number of nitrogens with one attached hydrogen (secondary N) is 1. The number of nitrogens with zero attached hydrogens (tertiary/aromatic N) is 1. The quantitative estimate of drug-likeness (QED) is 0.881. The van der Waals surface area contributed by atoms with Crippen molar-refractivity contribution in [3.63, 3.8) is 0 Å². The van der Waals surface area contributed by atoms with Crippen molar-refractivity contribution in [1.29, 1.82) is 0 Å². The topological polar surface area (TPSA) is 84.6 Å². The van der Waals surface area contributed by atoms with Crippen molar-refractivity contribution in [1.82, 2.24) is 10.5 Å². The molecule has 0 aliphatic carbocycles. The zero-order valence-electron chi connectivity index (χ0n) is 12.2. The first-order chi connectivity index (χ1) is 10.1. The van der Waals surface area contributed by atoms with Crippen molar-refractivity contribution >= 4 is 5.91 Å². The molecule has 9 heteroatoms. The van der Waals surface area contributed by atoms with E-state index in [1.807, 2.05) is 0 Å². The molecule has 0 radical (unpaired) electrons. The molecule has 0 bridgehead atoms. The standard InChI is InChI=1S/C13H17F3N2O4/c1-7(2)9-8(10(18-22-9)13(14,15)16)11(19)17-5-12(20)3-4-21-6-12/h7,20H,3-6H2,1-2H3,(H,17,19). The second-order valence-corrected chi connectivity index (χ2v) is 5.63. The molecule has 2 heterocycles. The molecule has 0 saturated carbocycles. The van der Waals surface area contributed by atoms with Crippen LogP contribution in [-0.2, 0) is 10.9 Å². The van der Waals surface area contributed by atoms with E-state index in [1.165, 1.54) is 0 Å². The van der Waals surface area contributed by atoms with Gasteiger partial charge in [-0.2, -0.15) is 13.2 Å². The smallest absolute Gasteiger partial charge is 0.386 e. The minimum atomic E-state index is -4.79. The Morgan fingerprint density at radius 2 is 2.18 bits per heavy atom. The number of amides is 1. The van der Waals surface area contributed by atoms with E-state index in [0.717, 1.165) is 0 Å². The molecule has 6 nitrogen and oxygen atoms in total. The number of ether oxygens (including phenoxy) is 1. The van der Waals surface area contributed by atoms with E-state index < -0.39 is 34.9 Å². The van der Waals surface area contributed by atoms with Crippen LogP contribution in [0.25, 0.3) is 0 Å². The van der Waals surface area contributed by atoms with Gasteiger partial charge in [0.1, 0.15) is 11.2 Å². The predicted octanol–water partition coefficient (Wildman–Crippen LogP) is 1.70. The summed E-state index contributed by atoms with van der Waals surface area (Å²) >= 11 is 0. The highest BCUT2D eigenvalue weighted by Crippen LogP contribution is 2.34. The first kappa shape index (κ1) is 16.8. The van der Waals surface area contributed by atoms with Gasteiger partial charge >= 0.3 is 6.18 Å². The molecular weight excluding hydrogens is 305 g/mol. The average Bonchev–Trinajstić information content (AvgIpc) is 3.02. The van der Waals surface area contributed by atoms with E-state index in [-0.39, 0.29) is 18.9 Å². The highest BCUT2D eigenvalue weighted by atomic mass is 19.4. The third-order valence-corrected chi connectivity index (χ3v) is 3.40. The van der Waals surface area contributed by atoms with Crippen LogP contribution in [0.15, 0.2) is 4.52 Å². The van der Waals surface area contributed by atoms with E-state index in [1.54, 1.807) is 13.8 Å². The van der Waals surface area contributed by atoms with Crippen molar-refractivity contribution in [2.75, 3.05) is 19.8 Å². The first-order valence-corrected chi connectivity index (χ1v) is 6.79. The van der Waals surface area contributed by atoms with Crippen LogP contribution < -0.4 is 5.32 Å². The number of carbonyl (C=O) groups excluding carboxylic acids is 1. The van der Waals surface area contributed by atoms with Crippen molar-refractivity contribution in [3.8, 4) is 0 Å². The van der Waals surface area contributed by atoms with Gasteiger partial charge < -0.3 is 19.7 Å². The number of carbonyl (C=O) groups is 1. The van der Waals surface area contributed by atoms with E-state index >= 15 is 0 Å². The Kier molecular flexibility index (Phi) is 4.48. The number of hydrogen-bond donors (Lipinski definition) is 2. The van der Waals surface area contributed by atoms with E-state index in [9.17, 15) is 23.1 Å². The van der Waals surface area contributed by atoms with Gasteiger partial charge in [-0.1, -0.05) is 19.0 Å². The monoisotopic (exact) mass is 322 g/mol. The van der Waals surface area contributed by atoms with E-state index in [4.69, 9.17) is 4.74 Å². The molecule has 1 aromatic heterocycles. The van der Waals surface area contributed by atoms with Crippen LogP contribution in [0.1, 0.15) is 48.0 Å². The molecule has 2 rings (SSSR count). The van der Waals surface area contributed by atoms with Gasteiger partial charge in [0.15, 0.2) is 11.5 Å². The zero-order valence-corrected chi connectivity index (χ0v) is 12.2. The SMILES string of the molecule is CC(C)c1onc(C(F)(F)F)c1C(=O)NCC1(O)CCOC1. The molecule has 1 saturated heterocycles. The predicted molar refractivity (Wildman–Crippen MR) is 68.3 cm³/mol. The molecule has 2 N–H and O–H groups in total. The molecule has 1 fully saturated rings. The van der Waals surface area contributed by atoms with Gasteiger partial charge in [0.05, 0.1) is 6.61 Å². The summed E-state index contributed by atoms with van der Waals surface area (Å²) in [4.78, 5) is 12.1. The van der Waals surface area contributed by atoms with E-state index in [2.05, 4.69) is 15.0 Å². The molecule has 0 aromatic carbocycles. The lowest BCUT2D eigenvalue weighted by Gasteiger charge is -2.20. The summed E-state index contributed by atoms with van der Waals surface area (Å²) in [7, 11) is 0. The molecule has 1 aliphatic rings. The van der Waals surface area contributed by atoms with Gasteiger partial charge in [0, 0.05) is 25.5 Å². The molecule has 22 heavy (non-hydrogen) atoms. The van der Waals surface area contributed by atoms with Crippen LogP contribution in [-0.4, -0.2) is 41.5 Å². The third kappa shape index (κ3) is 3.41. The lowest BCUT2D eigenvalue weighted by Crippen LogP contribution is -2.43. The molecule has 1 aromatic rings. The van der Waals surface area contributed by atoms with Gasteiger partial charge in [-0.05, 0) is 0 Å². The van der Waals surface area contributed by atoms with Gasteiger partial charge in [0.2, 0.25) is 0 Å². The van der Waals surface area contributed by atoms with Crippen LogP contribution in [0.3, 0.4) is 0 Å². The molecule has 1 unspecified atom stereocenters. The summed E-state index contributed by atoms with van der Waals surface area (Å²) in [5.41, 5.74) is -3.25. The Morgan fingerprint density at radius 3 is 2.68 bits per heavy atom. The maximum Gasteiger partial charge on any atom is 0.437 e. The van der Waals surface area contributed by atoms with Crippen molar-refractivity contribution in [2.45, 2.75) is 38.0 Å². The minimum absolute atomic E-state index is 0.0279. The van der Waals surface area contributed by atoms with Crippen molar-refractivity contribution in [3.05, 3.63) is 17.0 Å². The zero-order chi connectivity index (χ0) is 16.5. The van der Waals surface area contributed by atoms with Gasteiger partial charge in [-0.3, -0.25) is 4.79 Å². The fourth-order valence-electron chi connectivity index (χ4n) is 2.18. The Balaban J connectivity index is 2.22. The minimum Gasteiger partial charge on any atom is -0.386 e.